The molecule has 0 radical (unpaired) electrons. The Morgan fingerprint density at radius 1 is 0.692 bits per heavy atom. The molecule has 0 spiro atoms. The summed E-state index contributed by atoms with van der Waals surface area (Å²) < 4.78 is 0. The van der Waals surface area contributed by atoms with Crippen molar-refractivity contribution in [2.75, 3.05) is 0 Å². The average Bonchev–Trinajstić information content (AvgIpc) is 3.35. The molecule has 0 fully saturated rings. The maximum absolute atomic E-state index is 3.79. The van der Waals surface area contributed by atoms with Crippen LogP contribution in [0.4, 0.5) is 0 Å². The average molecular weight is 461 g/mol. The molecule has 2 heteroatoms. The maximum atomic E-state index is 3.79. The first kappa shape index (κ1) is 25.7. The first-order chi connectivity index (χ1) is 12.3. The second-order valence-corrected chi connectivity index (χ2v) is 8.08. The Labute approximate surface area is 181 Å². The van der Waals surface area contributed by atoms with E-state index in [2.05, 4.69) is 47.1 Å². The van der Waals surface area contributed by atoms with Gasteiger partial charge >= 0.3 is 0 Å². The first-order valence-electron chi connectivity index (χ1n) is 10.4. The molecule has 0 aliphatic rings. The smallest absolute Gasteiger partial charge is 0 e. The second-order valence-electron chi connectivity index (χ2n) is 6.97. The van der Waals surface area contributed by atoms with Gasteiger partial charge in [0.25, 0.3) is 0 Å². The van der Waals surface area contributed by atoms with Gasteiger partial charge in [-0.2, -0.15) is 12.1 Å². The molecule has 0 bridgehead atoms. The zero-order valence-corrected chi connectivity index (χ0v) is 19.2. The van der Waals surface area contributed by atoms with Crippen LogP contribution in [0.25, 0.3) is 0 Å². The van der Waals surface area contributed by atoms with Crippen LogP contribution in [-0.2, 0) is 17.1 Å². The van der Waals surface area contributed by atoms with E-state index < -0.39 is 0 Å². The summed E-state index contributed by atoms with van der Waals surface area (Å²) in [5, 5.41) is 0. The van der Waals surface area contributed by atoms with E-state index in [0.717, 1.165) is 0 Å². The molecule has 1 atom stereocenters. The van der Waals surface area contributed by atoms with Gasteiger partial charge in [-0.15, -0.1) is 5.56 Å². The van der Waals surface area contributed by atoms with Crippen LogP contribution < -0.4 is 0 Å². The molecule has 2 rings (SSSR count). The van der Waals surface area contributed by atoms with Crippen molar-refractivity contribution >= 4 is 15.9 Å². The number of hydrogen-bond donors (Lipinski definition) is 0. The number of halogens is 1. The van der Waals surface area contributed by atoms with Gasteiger partial charge < -0.3 is 30.3 Å². The Hall–Kier alpha value is -0.301. The van der Waals surface area contributed by atoms with E-state index in [4.69, 9.17) is 0 Å². The van der Waals surface area contributed by atoms with Crippen LogP contribution in [0, 0.1) is 0 Å². The van der Waals surface area contributed by atoms with Crippen molar-refractivity contribution in [3.05, 3.63) is 60.2 Å². The standard InChI is InChI=1S/C19H32Br.C5H5.Fe/c1-2-3-4-5-6-7-8-9-10-11-12-17-19(20)18-15-13-14-16-18;1-2-4-5-3-1;/h13-16,19H,2-12,17H2,1H3;1-5H;/q-1;-5;. The van der Waals surface area contributed by atoms with Crippen LogP contribution >= 0.6 is 15.9 Å². The molecule has 154 valence electrons. The van der Waals surface area contributed by atoms with E-state index in [1.54, 1.807) is 0 Å². The van der Waals surface area contributed by atoms with Crippen LogP contribution in [0.5, 0.6) is 0 Å². The van der Waals surface area contributed by atoms with Crippen LogP contribution in [0.15, 0.2) is 54.6 Å². The summed E-state index contributed by atoms with van der Waals surface area (Å²) in [4.78, 5) is 0.566. The monoisotopic (exact) mass is 460 g/mol. The van der Waals surface area contributed by atoms with Crippen LogP contribution in [0.3, 0.4) is 0 Å². The van der Waals surface area contributed by atoms with Gasteiger partial charge in [0, 0.05) is 17.1 Å². The van der Waals surface area contributed by atoms with Crippen molar-refractivity contribution < 1.29 is 17.1 Å². The molecular formula is C24H37BrFe-6. The van der Waals surface area contributed by atoms with Crippen LogP contribution in [0.1, 0.15) is 94.4 Å². The first-order valence-corrected chi connectivity index (χ1v) is 11.3. The van der Waals surface area contributed by atoms with Gasteiger partial charge in [-0.25, -0.2) is 12.1 Å². The minimum absolute atomic E-state index is 0. The van der Waals surface area contributed by atoms with Crippen LogP contribution in [-0.4, -0.2) is 0 Å². The third-order valence-corrected chi connectivity index (χ3v) is 5.65. The summed E-state index contributed by atoms with van der Waals surface area (Å²) in [7, 11) is 0. The molecule has 0 heterocycles. The maximum Gasteiger partial charge on any atom is 0 e. The molecule has 0 amide bonds. The topological polar surface area (TPSA) is 0 Å². The van der Waals surface area contributed by atoms with E-state index >= 15 is 0 Å². The zero-order valence-electron chi connectivity index (χ0n) is 16.5. The van der Waals surface area contributed by atoms with Gasteiger partial charge in [0.1, 0.15) is 0 Å². The fourth-order valence-corrected chi connectivity index (χ4v) is 3.70. The van der Waals surface area contributed by atoms with Gasteiger partial charge in [-0.05, 0) is 11.2 Å². The van der Waals surface area contributed by atoms with Crippen molar-refractivity contribution in [3.8, 4) is 0 Å². The molecule has 2 aromatic rings. The summed E-state index contributed by atoms with van der Waals surface area (Å²) in [5.74, 6) is 0. The third-order valence-electron chi connectivity index (χ3n) is 4.67. The Kier molecular flexibility index (Phi) is 19.2. The van der Waals surface area contributed by atoms with Crippen LogP contribution in [0.2, 0.25) is 0 Å². The molecule has 0 aliphatic heterocycles. The molecule has 0 saturated carbocycles. The molecule has 0 aromatic heterocycles. The predicted octanol–water partition coefficient (Wildman–Crippen LogP) is 8.95. The molecular weight excluding hydrogens is 424 g/mol. The largest absolute Gasteiger partial charge is 0.748 e. The summed E-state index contributed by atoms with van der Waals surface area (Å²) in [6.45, 7) is 2.29. The second kappa shape index (κ2) is 19.5. The van der Waals surface area contributed by atoms with Gasteiger partial charge in [0.15, 0.2) is 0 Å². The minimum atomic E-state index is 0. The predicted molar refractivity (Wildman–Crippen MR) is 117 cm³/mol. The van der Waals surface area contributed by atoms with E-state index in [-0.39, 0.29) is 17.1 Å². The van der Waals surface area contributed by atoms with Crippen molar-refractivity contribution in [3.63, 3.8) is 0 Å². The Morgan fingerprint density at radius 2 is 1.08 bits per heavy atom. The Bertz CT molecular complexity index is 429. The zero-order chi connectivity index (χ0) is 18.0. The molecule has 0 saturated heterocycles. The van der Waals surface area contributed by atoms with Crippen molar-refractivity contribution in [1.29, 1.82) is 0 Å². The summed E-state index contributed by atoms with van der Waals surface area (Å²) in [5.41, 5.74) is 1.44. The fraction of sp³-hybridized carbons (Fsp3) is 0.583. The quantitative estimate of drug-likeness (QED) is 0.121. The number of alkyl halides is 1. The molecule has 2 aromatic carbocycles. The molecule has 0 nitrogen and oxygen atoms in total. The van der Waals surface area contributed by atoms with Gasteiger partial charge in [0.05, 0.1) is 0 Å². The number of unbranched alkanes of at least 4 members (excludes halogenated alkanes) is 10. The normalized spacial score (nSPS) is 11.3. The molecule has 0 N–H and O–H groups in total. The molecule has 26 heavy (non-hydrogen) atoms. The van der Waals surface area contributed by atoms with Gasteiger partial charge in [0.2, 0.25) is 0 Å². The molecule has 1 unspecified atom stereocenters. The summed E-state index contributed by atoms with van der Waals surface area (Å²) in [6.07, 6.45) is 17.0. The summed E-state index contributed by atoms with van der Waals surface area (Å²) >= 11 is 3.79. The Balaban J connectivity index is 0.000000893. The van der Waals surface area contributed by atoms with E-state index in [1.807, 2.05) is 30.3 Å². The van der Waals surface area contributed by atoms with E-state index in [0.29, 0.717) is 4.83 Å². The van der Waals surface area contributed by atoms with Crippen molar-refractivity contribution in [1.82, 2.24) is 0 Å². The SMILES string of the molecule is CCCCCCCCCCCCCC(Br)[c-]1cccc1.[Fe].[cH-]1[cH-][cH-][cH-][cH-]1. The van der Waals surface area contributed by atoms with Gasteiger partial charge in [-0.1, -0.05) is 93.5 Å². The van der Waals surface area contributed by atoms with Gasteiger partial charge in [-0.3, -0.25) is 0 Å². The fourth-order valence-electron chi connectivity index (χ4n) is 3.07. The Morgan fingerprint density at radius 3 is 1.50 bits per heavy atom. The number of hydrogen-bond acceptors (Lipinski definition) is 0. The van der Waals surface area contributed by atoms with E-state index in [1.165, 1.54) is 82.6 Å². The minimum Gasteiger partial charge on any atom is -0.748 e. The third kappa shape index (κ3) is 14.8. The van der Waals surface area contributed by atoms with Crippen molar-refractivity contribution in [2.24, 2.45) is 0 Å². The van der Waals surface area contributed by atoms with Crippen molar-refractivity contribution in [2.45, 2.75) is 88.8 Å². The molecule has 0 aliphatic carbocycles. The van der Waals surface area contributed by atoms with E-state index in [9.17, 15) is 0 Å². The number of rotatable bonds is 13. The summed E-state index contributed by atoms with van der Waals surface area (Å²) in [6, 6.07) is 18.7.